The van der Waals surface area contributed by atoms with Gasteiger partial charge >= 0.3 is 193 Å². The normalized spacial score (nSPS) is 23.1. The van der Waals surface area contributed by atoms with Crippen LogP contribution in [-0.4, -0.2) is 29.6 Å². The zero-order valence-electron chi connectivity index (χ0n) is 17.7. The van der Waals surface area contributed by atoms with E-state index in [1.165, 1.54) is 0 Å². The van der Waals surface area contributed by atoms with Crippen LogP contribution in [0.5, 0.6) is 0 Å². The molecule has 0 saturated carbocycles. The Kier molecular flexibility index (Phi) is 5.13. The molecule has 16 heteroatoms. The summed E-state index contributed by atoms with van der Waals surface area (Å²) in [5.41, 5.74) is -15.4. The molecule has 0 radical (unpaired) electrons. The quantitative estimate of drug-likeness (QED) is 0.306. The maximum atomic E-state index is 14.2. The van der Waals surface area contributed by atoms with Gasteiger partial charge in [0.15, 0.2) is 0 Å². The average molecular weight is 560 g/mol. The van der Waals surface area contributed by atoms with Crippen molar-refractivity contribution in [2.75, 3.05) is 0 Å². The minimum absolute atomic E-state index is 0.229. The van der Waals surface area contributed by atoms with Crippen LogP contribution >= 0.6 is 7.28 Å². The molecule has 3 nitrogen and oxygen atoms in total. The first-order chi connectivity index (χ1) is 16.0. The summed E-state index contributed by atoms with van der Waals surface area (Å²) in [6.07, 6.45) is -26.0. The van der Waals surface area contributed by atoms with Gasteiger partial charge in [-0.1, -0.05) is 0 Å². The molecule has 0 atom stereocenters. The number of alkyl halides is 12. The molecule has 0 amide bonds. The van der Waals surface area contributed by atoms with Crippen LogP contribution in [0.3, 0.4) is 0 Å². The number of fused-ring (bicyclic) bond motifs is 4. The number of rotatable bonds is 0. The topological polar surface area (TPSA) is 38.7 Å². The van der Waals surface area contributed by atoms with Gasteiger partial charge in [-0.25, -0.2) is 0 Å². The zero-order chi connectivity index (χ0) is 27.6. The molecule has 2 aliphatic heterocycles. The van der Waals surface area contributed by atoms with Crippen LogP contribution in [0, 0.1) is 13.8 Å². The Labute approximate surface area is 193 Å². The molecule has 0 aromatic heterocycles. The fraction of sp³-hybridized carbons (Fsp3) is 0.400. The third-order valence-corrected chi connectivity index (χ3v) is 9.83. The van der Waals surface area contributed by atoms with Gasteiger partial charge in [0.05, 0.1) is 0 Å². The molecule has 2 aromatic carbocycles. The molecule has 2 aliphatic rings. The van der Waals surface area contributed by atoms with E-state index in [9.17, 15) is 57.6 Å². The number of halogens is 12. The predicted molar refractivity (Wildman–Crippen MR) is 101 cm³/mol. The zero-order valence-corrected chi connectivity index (χ0v) is 18.6. The summed E-state index contributed by atoms with van der Waals surface area (Å²) in [6, 6.07) is 2.77. The number of hydrogen-bond donors (Lipinski definition) is 1. The third-order valence-electron chi connectivity index (χ3n) is 6.12. The molecule has 2 aromatic rings. The Bertz CT molecular complexity index is 1140. The van der Waals surface area contributed by atoms with Gasteiger partial charge < -0.3 is 0 Å². The molecule has 0 saturated heterocycles. The first-order valence-electron chi connectivity index (χ1n) is 9.66. The van der Waals surface area contributed by atoms with Gasteiger partial charge in [0, 0.05) is 0 Å². The fourth-order valence-corrected chi connectivity index (χ4v) is 8.93. The van der Waals surface area contributed by atoms with E-state index in [1.54, 1.807) is 0 Å². The van der Waals surface area contributed by atoms with Crippen LogP contribution in [0.25, 0.3) is 0 Å². The third kappa shape index (κ3) is 2.94. The predicted octanol–water partition coefficient (Wildman–Crippen LogP) is 6.25. The van der Waals surface area contributed by atoms with Crippen LogP contribution in [0.1, 0.15) is 22.3 Å². The van der Waals surface area contributed by atoms with Crippen LogP contribution in [-0.2, 0) is 20.2 Å². The number of hydrogen-bond acceptors (Lipinski definition) is 3. The van der Waals surface area contributed by atoms with Crippen LogP contribution in [0.4, 0.5) is 52.7 Å². The monoisotopic (exact) mass is 560 g/mol. The van der Waals surface area contributed by atoms with Gasteiger partial charge in [-0.2, -0.15) is 0 Å². The van der Waals surface area contributed by atoms with E-state index < -0.39 is 64.9 Å². The van der Waals surface area contributed by atoms with Gasteiger partial charge in [0.2, 0.25) is 0 Å². The molecule has 200 valence electrons. The summed E-state index contributed by atoms with van der Waals surface area (Å²) in [7, 11) is -7.47. The van der Waals surface area contributed by atoms with Crippen LogP contribution in [0.2, 0.25) is 0 Å². The molecule has 4 rings (SSSR count). The Morgan fingerprint density at radius 2 is 0.861 bits per heavy atom. The van der Waals surface area contributed by atoms with Gasteiger partial charge in [0.1, 0.15) is 0 Å². The molecule has 1 N–H and O–H groups in total. The van der Waals surface area contributed by atoms with Crippen LogP contribution < -0.4 is 10.6 Å². The van der Waals surface area contributed by atoms with E-state index in [-0.39, 0.29) is 23.3 Å². The van der Waals surface area contributed by atoms with Crippen molar-refractivity contribution in [1.82, 2.24) is 0 Å². The SMILES string of the molecule is Cc1ccc2c(c1)C(C(F)(F)F)(C(F)(F)F)OP21(O)OC(C(F)(F)F)(C(F)(F)F)c2cc(C)ccc21. The Morgan fingerprint density at radius 1 is 0.583 bits per heavy atom. The molecule has 0 aliphatic carbocycles. The van der Waals surface area contributed by atoms with Crippen molar-refractivity contribution in [2.45, 2.75) is 49.8 Å². The van der Waals surface area contributed by atoms with E-state index in [2.05, 4.69) is 9.05 Å². The summed E-state index contributed by atoms with van der Waals surface area (Å²) >= 11 is 0. The van der Waals surface area contributed by atoms with E-state index in [1.807, 2.05) is 0 Å². The summed E-state index contributed by atoms with van der Waals surface area (Å²) in [5, 5.41) is -3.22. The Morgan fingerprint density at radius 3 is 1.11 bits per heavy atom. The first kappa shape index (κ1) is 27.0. The van der Waals surface area contributed by atoms with Gasteiger partial charge in [-0.3, -0.25) is 0 Å². The van der Waals surface area contributed by atoms with E-state index in [4.69, 9.17) is 0 Å². The molecular formula is C20H13F12O3P. The summed E-state index contributed by atoms with van der Waals surface area (Å²) < 4.78 is 179. The molecule has 0 fully saturated rings. The molecule has 1 spiro atoms. The number of aryl methyl sites for hydroxylation is 2. The van der Waals surface area contributed by atoms with Crippen molar-refractivity contribution < 1.29 is 66.6 Å². The van der Waals surface area contributed by atoms with Crippen molar-refractivity contribution in [1.29, 1.82) is 0 Å². The minimum atomic E-state index is -7.47. The standard InChI is InChI=1S/C20H13F12O3P/c1-9-3-5-13-11(7-9)15(17(21,22)23,18(24,25)26)34-36(13,33)14-6-4-10(2)8-12(14)16(35-36,19(27,28)29)20(30,31)32/h3-8,33H,1-2H3. The number of benzene rings is 2. The molecule has 0 unspecified atom stereocenters. The molecular weight excluding hydrogens is 547 g/mol. The van der Waals surface area contributed by atoms with Gasteiger partial charge in [0.25, 0.3) is 0 Å². The Hall–Kier alpha value is -2.09. The van der Waals surface area contributed by atoms with Gasteiger partial charge in [-0.15, -0.1) is 0 Å². The van der Waals surface area contributed by atoms with E-state index >= 15 is 0 Å². The summed E-state index contributed by atoms with van der Waals surface area (Å²) in [5.74, 6) is 0. The second-order valence-electron chi connectivity index (χ2n) is 8.49. The van der Waals surface area contributed by atoms with Crippen molar-refractivity contribution in [3.8, 4) is 0 Å². The van der Waals surface area contributed by atoms with E-state index in [0.717, 1.165) is 26.0 Å². The van der Waals surface area contributed by atoms with Crippen molar-refractivity contribution in [3.63, 3.8) is 0 Å². The van der Waals surface area contributed by atoms with Crippen LogP contribution in [0.15, 0.2) is 36.4 Å². The fourth-order valence-electron chi connectivity index (χ4n) is 4.64. The molecule has 2 heterocycles. The van der Waals surface area contributed by atoms with Crippen molar-refractivity contribution in [3.05, 3.63) is 58.7 Å². The van der Waals surface area contributed by atoms with E-state index in [0.29, 0.717) is 12.1 Å². The van der Waals surface area contributed by atoms with Crippen molar-refractivity contribution >= 4 is 17.9 Å². The molecule has 0 bridgehead atoms. The second kappa shape index (κ2) is 6.86. The maximum absolute atomic E-state index is 14.2. The van der Waals surface area contributed by atoms with Crippen molar-refractivity contribution in [2.24, 2.45) is 0 Å². The first-order valence-corrected chi connectivity index (χ1v) is 11.7. The second-order valence-corrected chi connectivity index (χ2v) is 11.7. The molecule has 36 heavy (non-hydrogen) atoms. The Balaban J connectivity index is 2.27. The van der Waals surface area contributed by atoms with Gasteiger partial charge in [-0.05, 0) is 0 Å². The average Bonchev–Trinajstić information content (AvgIpc) is 3.06. The summed E-state index contributed by atoms with van der Waals surface area (Å²) in [4.78, 5) is 11.6. The summed E-state index contributed by atoms with van der Waals surface area (Å²) in [6.45, 7) is 2.05.